The van der Waals surface area contributed by atoms with Crippen LogP contribution in [0.2, 0.25) is 0 Å². The molecule has 2 fully saturated rings. The fourth-order valence-electron chi connectivity index (χ4n) is 4.83. The molecule has 184 valence electrons. The maximum Gasteiger partial charge on any atom is 0.256 e. The second-order valence-corrected chi connectivity index (χ2v) is 9.08. The van der Waals surface area contributed by atoms with Crippen molar-refractivity contribution in [2.24, 2.45) is 0 Å². The Bertz CT molecular complexity index is 1370. The number of piperidine rings is 1. The third-order valence-electron chi connectivity index (χ3n) is 6.82. The standard InChI is InChI=1S/C23H25F3N8O/c1-13-28-19-3-2-17(29-22(19)33(13)10-21(25)26)15-4-7-34-20(15)8-27-23(31-34)30-18-5-6-32(9-16(18)24)14-11-35-12-14/h2-4,7-8,14,16,18,21H,5-6,9-12H2,1H3,(H,30,31)/t16-,18-/m0/s1. The van der Waals surface area contributed by atoms with E-state index in [1.54, 1.807) is 36.0 Å². The quantitative estimate of drug-likeness (QED) is 0.449. The fraction of sp³-hybridized carbons (Fsp3) is 0.478. The molecule has 0 amide bonds. The van der Waals surface area contributed by atoms with Crippen LogP contribution in [0.3, 0.4) is 0 Å². The highest BCUT2D eigenvalue weighted by Crippen LogP contribution is 2.27. The van der Waals surface area contributed by atoms with E-state index >= 15 is 0 Å². The van der Waals surface area contributed by atoms with E-state index in [2.05, 4.69) is 30.3 Å². The number of alkyl halides is 3. The van der Waals surface area contributed by atoms with Gasteiger partial charge in [-0.1, -0.05) is 0 Å². The zero-order valence-corrected chi connectivity index (χ0v) is 19.1. The normalized spacial score (nSPS) is 21.7. The Morgan fingerprint density at radius 3 is 2.80 bits per heavy atom. The van der Waals surface area contributed by atoms with E-state index < -0.39 is 19.1 Å². The Morgan fingerprint density at radius 1 is 1.20 bits per heavy atom. The molecule has 2 aliphatic rings. The van der Waals surface area contributed by atoms with Crippen molar-refractivity contribution < 1.29 is 17.9 Å². The van der Waals surface area contributed by atoms with Crippen LogP contribution in [-0.2, 0) is 11.3 Å². The molecule has 0 aromatic carbocycles. The number of nitrogens with zero attached hydrogens (tertiary/aromatic N) is 7. The van der Waals surface area contributed by atoms with Crippen LogP contribution in [0.4, 0.5) is 19.1 Å². The third kappa shape index (κ3) is 4.10. The number of aromatic nitrogens is 6. The van der Waals surface area contributed by atoms with Gasteiger partial charge in [-0.05, 0) is 31.5 Å². The minimum atomic E-state index is -2.51. The van der Waals surface area contributed by atoms with E-state index in [0.29, 0.717) is 66.4 Å². The molecule has 6 heterocycles. The number of anilines is 1. The van der Waals surface area contributed by atoms with Crippen LogP contribution in [0.25, 0.3) is 27.9 Å². The number of pyridine rings is 1. The van der Waals surface area contributed by atoms with Crippen molar-refractivity contribution in [1.29, 1.82) is 0 Å². The lowest BCUT2D eigenvalue weighted by molar-refractivity contribution is -0.0794. The first kappa shape index (κ1) is 22.2. The summed E-state index contributed by atoms with van der Waals surface area (Å²) < 4.78 is 49.2. The smallest absolute Gasteiger partial charge is 0.256 e. The molecular formula is C23H25F3N8O. The average molecular weight is 487 g/mol. The first-order valence-corrected chi connectivity index (χ1v) is 11.7. The fourth-order valence-corrected chi connectivity index (χ4v) is 4.83. The highest BCUT2D eigenvalue weighted by atomic mass is 19.3. The second-order valence-electron chi connectivity index (χ2n) is 9.08. The number of rotatable bonds is 6. The Kier molecular flexibility index (Phi) is 5.56. The molecule has 4 aromatic heterocycles. The van der Waals surface area contributed by atoms with Gasteiger partial charge in [0.05, 0.1) is 49.2 Å². The SMILES string of the molecule is Cc1nc2ccc(-c3ccn4nc(N[C@H]5CCN(C6COC6)C[C@@H]5F)ncc34)nc2n1CC(F)F. The molecule has 0 bridgehead atoms. The van der Waals surface area contributed by atoms with Gasteiger partial charge in [0, 0.05) is 24.8 Å². The summed E-state index contributed by atoms with van der Waals surface area (Å²) in [6.45, 7) is 3.76. The molecule has 9 nitrogen and oxygen atoms in total. The van der Waals surface area contributed by atoms with Crippen molar-refractivity contribution in [3.8, 4) is 11.3 Å². The van der Waals surface area contributed by atoms with Gasteiger partial charge in [0.25, 0.3) is 6.43 Å². The molecule has 35 heavy (non-hydrogen) atoms. The molecule has 12 heteroatoms. The summed E-state index contributed by atoms with van der Waals surface area (Å²) in [5.41, 5.74) is 3.05. The van der Waals surface area contributed by atoms with Crippen LogP contribution >= 0.6 is 0 Å². The molecule has 2 aliphatic heterocycles. The molecule has 2 atom stereocenters. The number of nitrogens with one attached hydrogen (secondary N) is 1. The van der Waals surface area contributed by atoms with Crippen LogP contribution in [0.1, 0.15) is 12.2 Å². The van der Waals surface area contributed by atoms with E-state index in [9.17, 15) is 13.2 Å². The van der Waals surface area contributed by atoms with Gasteiger partial charge >= 0.3 is 0 Å². The maximum absolute atomic E-state index is 14.8. The lowest BCUT2D eigenvalue weighted by Gasteiger charge is -2.42. The highest BCUT2D eigenvalue weighted by Gasteiger charge is 2.35. The van der Waals surface area contributed by atoms with Gasteiger partial charge in [0.1, 0.15) is 17.5 Å². The molecule has 2 saturated heterocycles. The third-order valence-corrected chi connectivity index (χ3v) is 6.82. The molecule has 6 rings (SSSR count). The summed E-state index contributed by atoms with van der Waals surface area (Å²) in [7, 11) is 0. The first-order chi connectivity index (χ1) is 17.0. The van der Waals surface area contributed by atoms with Crippen molar-refractivity contribution in [2.45, 2.75) is 44.6 Å². The van der Waals surface area contributed by atoms with Crippen molar-refractivity contribution in [3.63, 3.8) is 0 Å². The number of fused-ring (bicyclic) bond motifs is 2. The Morgan fingerprint density at radius 2 is 2.06 bits per heavy atom. The molecule has 0 spiro atoms. The minimum absolute atomic E-state index is 0.325. The lowest BCUT2D eigenvalue weighted by Crippen LogP contribution is -2.57. The Labute approximate surface area is 198 Å². The van der Waals surface area contributed by atoms with Crippen molar-refractivity contribution in [2.75, 3.05) is 31.6 Å². The topological polar surface area (TPSA) is 85.4 Å². The van der Waals surface area contributed by atoms with Crippen molar-refractivity contribution >= 4 is 22.6 Å². The molecule has 4 aromatic rings. The summed E-state index contributed by atoms with van der Waals surface area (Å²) in [4.78, 5) is 15.5. The van der Waals surface area contributed by atoms with E-state index in [0.717, 1.165) is 12.1 Å². The van der Waals surface area contributed by atoms with Crippen LogP contribution in [0.5, 0.6) is 0 Å². The average Bonchev–Trinajstić information content (AvgIpc) is 3.34. The number of imidazole rings is 1. The van der Waals surface area contributed by atoms with Gasteiger partial charge in [0.15, 0.2) is 5.65 Å². The molecule has 0 saturated carbocycles. The first-order valence-electron chi connectivity index (χ1n) is 11.7. The van der Waals surface area contributed by atoms with Crippen LogP contribution in [0, 0.1) is 6.92 Å². The Balaban J connectivity index is 1.23. The van der Waals surface area contributed by atoms with E-state index in [-0.39, 0.29) is 6.04 Å². The molecule has 0 radical (unpaired) electrons. The molecule has 0 unspecified atom stereocenters. The number of halogens is 3. The van der Waals surface area contributed by atoms with Gasteiger partial charge in [0.2, 0.25) is 5.95 Å². The predicted molar refractivity (Wildman–Crippen MR) is 123 cm³/mol. The highest BCUT2D eigenvalue weighted by molar-refractivity contribution is 5.82. The molecular weight excluding hydrogens is 461 g/mol. The lowest BCUT2D eigenvalue weighted by atomic mass is 10.0. The van der Waals surface area contributed by atoms with Crippen molar-refractivity contribution in [3.05, 3.63) is 36.4 Å². The molecule has 0 aliphatic carbocycles. The molecule has 1 N–H and O–H groups in total. The zero-order chi connectivity index (χ0) is 24.1. The van der Waals surface area contributed by atoms with Crippen LogP contribution in [-0.4, -0.2) is 85.0 Å². The number of hydrogen-bond acceptors (Lipinski definition) is 7. The maximum atomic E-state index is 14.8. The van der Waals surface area contributed by atoms with E-state index in [4.69, 9.17) is 4.74 Å². The van der Waals surface area contributed by atoms with Gasteiger partial charge in [-0.3, -0.25) is 4.90 Å². The zero-order valence-electron chi connectivity index (χ0n) is 19.1. The van der Waals surface area contributed by atoms with Crippen molar-refractivity contribution in [1.82, 2.24) is 34.0 Å². The van der Waals surface area contributed by atoms with E-state index in [1.807, 2.05) is 6.07 Å². The van der Waals surface area contributed by atoms with Gasteiger partial charge in [-0.15, -0.1) is 5.10 Å². The Hall–Kier alpha value is -3.25. The predicted octanol–water partition coefficient (Wildman–Crippen LogP) is 2.94. The van der Waals surface area contributed by atoms with Gasteiger partial charge < -0.3 is 14.6 Å². The summed E-state index contributed by atoms with van der Waals surface area (Å²) >= 11 is 0. The monoisotopic (exact) mass is 486 g/mol. The number of hydrogen-bond donors (Lipinski definition) is 1. The summed E-state index contributed by atoms with van der Waals surface area (Å²) in [6.07, 6.45) is 0.561. The largest absolute Gasteiger partial charge is 0.378 e. The summed E-state index contributed by atoms with van der Waals surface area (Å²) in [6, 6.07) is 5.39. The second kappa shape index (κ2) is 8.76. The van der Waals surface area contributed by atoms with E-state index in [1.165, 1.54) is 4.57 Å². The van der Waals surface area contributed by atoms with Gasteiger partial charge in [-0.2, -0.15) is 0 Å². The van der Waals surface area contributed by atoms with Crippen LogP contribution < -0.4 is 5.32 Å². The summed E-state index contributed by atoms with van der Waals surface area (Å²) in [5.74, 6) is 0.838. The van der Waals surface area contributed by atoms with Gasteiger partial charge in [-0.25, -0.2) is 32.6 Å². The minimum Gasteiger partial charge on any atom is -0.378 e. The summed E-state index contributed by atoms with van der Waals surface area (Å²) in [5, 5.41) is 7.65. The number of ether oxygens (including phenoxy) is 1. The van der Waals surface area contributed by atoms with Crippen LogP contribution in [0.15, 0.2) is 30.6 Å². The number of aryl methyl sites for hydroxylation is 1. The number of likely N-dealkylation sites (tertiary alicyclic amines) is 1.